The molecule has 1 aliphatic heterocycles. The van der Waals surface area contributed by atoms with Gasteiger partial charge in [0.1, 0.15) is 5.75 Å². The molecule has 0 atom stereocenters. The fraction of sp³-hybridized carbons (Fsp3) is 0.381. The first-order valence-corrected chi connectivity index (χ1v) is 11.6. The number of nitrogens with one attached hydrogen (secondary N) is 1. The monoisotopic (exact) mass is 432 g/mol. The van der Waals surface area contributed by atoms with Gasteiger partial charge in [-0.2, -0.15) is 0 Å². The Morgan fingerprint density at radius 3 is 2.20 bits per heavy atom. The van der Waals surface area contributed by atoms with Gasteiger partial charge in [0.05, 0.1) is 11.9 Å². The first-order chi connectivity index (χ1) is 14.2. The molecule has 0 bridgehead atoms. The number of benzene rings is 2. The summed E-state index contributed by atoms with van der Waals surface area (Å²) in [6, 6.07) is 14.3. The van der Waals surface area contributed by atoms with E-state index in [-0.39, 0.29) is 12.5 Å². The van der Waals surface area contributed by atoms with Gasteiger partial charge in [-0.3, -0.25) is 9.10 Å². The Bertz CT molecular complexity index is 954. The summed E-state index contributed by atoms with van der Waals surface area (Å²) in [5, 5.41) is 2.82. The van der Waals surface area contributed by atoms with Gasteiger partial charge in [0.25, 0.3) is 5.91 Å². The molecule has 1 heterocycles. The van der Waals surface area contributed by atoms with Crippen molar-refractivity contribution in [3.05, 3.63) is 48.5 Å². The van der Waals surface area contributed by atoms with E-state index in [1.807, 2.05) is 24.3 Å². The highest BCUT2D eigenvalue weighted by molar-refractivity contribution is 7.92. The molecule has 9 heteroatoms. The number of ether oxygens (including phenoxy) is 1. The van der Waals surface area contributed by atoms with Crippen molar-refractivity contribution >= 4 is 33.0 Å². The van der Waals surface area contributed by atoms with Crippen LogP contribution in [0, 0.1) is 0 Å². The second-order valence-electron chi connectivity index (χ2n) is 7.40. The van der Waals surface area contributed by atoms with Crippen molar-refractivity contribution in [2.45, 2.75) is 0 Å². The zero-order valence-electron chi connectivity index (χ0n) is 17.5. The van der Waals surface area contributed by atoms with Gasteiger partial charge in [-0.05, 0) is 55.6 Å². The topological polar surface area (TPSA) is 82.2 Å². The Morgan fingerprint density at radius 1 is 1.03 bits per heavy atom. The van der Waals surface area contributed by atoms with Crippen LogP contribution in [-0.2, 0) is 14.8 Å². The molecular weight excluding hydrogens is 404 g/mol. The lowest BCUT2D eigenvalue weighted by Crippen LogP contribution is -2.44. The number of anilines is 3. The third-order valence-corrected chi connectivity index (χ3v) is 6.29. The number of carbonyl (C=O) groups excluding carboxylic acids is 1. The van der Waals surface area contributed by atoms with Gasteiger partial charge in [0.2, 0.25) is 10.0 Å². The molecule has 1 saturated heterocycles. The molecule has 0 spiro atoms. The van der Waals surface area contributed by atoms with E-state index in [2.05, 4.69) is 22.2 Å². The predicted molar refractivity (Wildman–Crippen MR) is 120 cm³/mol. The smallest absolute Gasteiger partial charge is 0.262 e. The second-order valence-corrected chi connectivity index (χ2v) is 9.41. The zero-order chi connectivity index (χ0) is 21.7. The number of piperazine rings is 1. The van der Waals surface area contributed by atoms with Crippen LogP contribution in [0.2, 0.25) is 0 Å². The summed E-state index contributed by atoms with van der Waals surface area (Å²) < 4.78 is 29.8. The average molecular weight is 433 g/mol. The molecule has 162 valence electrons. The molecule has 0 unspecified atom stereocenters. The molecular formula is C21H28N4O4S. The van der Waals surface area contributed by atoms with Crippen molar-refractivity contribution in [3.8, 4) is 5.75 Å². The normalized spacial score (nSPS) is 15.0. The summed E-state index contributed by atoms with van der Waals surface area (Å²) >= 11 is 0. The second kappa shape index (κ2) is 9.36. The number of nitrogens with zero attached hydrogens (tertiary/aromatic N) is 3. The first-order valence-electron chi connectivity index (χ1n) is 9.72. The molecule has 0 radical (unpaired) electrons. The number of sulfonamides is 1. The van der Waals surface area contributed by atoms with Crippen molar-refractivity contribution in [2.75, 3.05) is 67.7 Å². The van der Waals surface area contributed by atoms with Gasteiger partial charge in [0, 0.05) is 44.6 Å². The van der Waals surface area contributed by atoms with Gasteiger partial charge in [-0.15, -0.1) is 0 Å². The maximum Gasteiger partial charge on any atom is 0.262 e. The Kier molecular flexibility index (Phi) is 6.84. The van der Waals surface area contributed by atoms with Gasteiger partial charge < -0.3 is 19.9 Å². The van der Waals surface area contributed by atoms with Crippen LogP contribution < -0.4 is 19.3 Å². The molecule has 0 aliphatic carbocycles. The quantitative estimate of drug-likeness (QED) is 0.719. The molecule has 1 fully saturated rings. The maximum atomic E-state index is 12.2. The van der Waals surface area contributed by atoms with Gasteiger partial charge in [-0.25, -0.2) is 8.42 Å². The van der Waals surface area contributed by atoms with E-state index in [1.54, 1.807) is 24.3 Å². The molecule has 0 saturated carbocycles. The number of rotatable bonds is 7. The summed E-state index contributed by atoms with van der Waals surface area (Å²) in [7, 11) is 0.287. The van der Waals surface area contributed by atoms with Crippen LogP contribution in [0.5, 0.6) is 5.75 Å². The Morgan fingerprint density at radius 2 is 1.63 bits per heavy atom. The van der Waals surface area contributed by atoms with Crippen molar-refractivity contribution < 1.29 is 17.9 Å². The van der Waals surface area contributed by atoms with Crippen LogP contribution in [-0.4, -0.2) is 72.4 Å². The number of amides is 1. The van der Waals surface area contributed by atoms with Gasteiger partial charge in [0.15, 0.2) is 6.61 Å². The fourth-order valence-electron chi connectivity index (χ4n) is 3.11. The molecule has 30 heavy (non-hydrogen) atoms. The molecule has 1 amide bonds. The largest absolute Gasteiger partial charge is 0.484 e. The summed E-state index contributed by atoms with van der Waals surface area (Å²) in [5.41, 5.74) is 2.39. The lowest BCUT2D eigenvalue weighted by atomic mass is 10.2. The lowest BCUT2D eigenvalue weighted by Gasteiger charge is -2.34. The Hall–Kier alpha value is -2.78. The molecule has 1 aliphatic rings. The van der Waals surface area contributed by atoms with Crippen LogP contribution in [0.1, 0.15) is 0 Å². The standard InChI is InChI=1S/C21H28N4O4S/c1-23-12-14-25(15-13-23)19-6-4-17(5-7-19)22-21(26)16-29-20-10-8-18(9-11-20)24(2)30(3,27)28/h4-11H,12-16H2,1-3H3,(H,22,26). The molecule has 3 rings (SSSR count). The van der Waals surface area contributed by atoms with E-state index < -0.39 is 10.0 Å². The van der Waals surface area contributed by atoms with Gasteiger partial charge >= 0.3 is 0 Å². The highest BCUT2D eigenvalue weighted by Crippen LogP contribution is 2.21. The molecule has 1 N–H and O–H groups in total. The van der Waals surface area contributed by atoms with E-state index in [4.69, 9.17) is 4.74 Å². The number of hydrogen-bond donors (Lipinski definition) is 1. The van der Waals surface area contributed by atoms with Crippen molar-refractivity contribution in [1.29, 1.82) is 0 Å². The highest BCUT2D eigenvalue weighted by atomic mass is 32.2. The summed E-state index contributed by atoms with van der Waals surface area (Å²) in [6.45, 7) is 3.94. The van der Waals surface area contributed by atoms with Crippen LogP contribution in [0.25, 0.3) is 0 Å². The molecule has 0 aromatic heterocycles. The number of hydrogen-bond acceptors (Lipinski definition) is 6. The molecule has 8 nitrogen and oxygen atoms in total. The SMILES string of the molecule is CN1CCN(c2ccc(NC(=O)COc3ccc(N(C)S(C)(=O)=O)cc3)cc2)CC1. The minimum atomic E-state index is -3.32. The molecule has 2 aromatic carbocycles. The lowest BCUT2D eigenvalue weighted by molar-refractivity contribution is -0.118. The summed E-state index contributed by atoms with van der Waals surface area (Å²) in [5.74, 6) is 0.223. The Labute approximate surface area is 178 Å². The maximum absolute atomic E-state index is 12.2. The van der Waals surface area contributed by atoms with Gasteiger partial charge in [-0.1, -0.05) is 0 Å². The third-order valence-electron chi connectivity index (χ3n) is 5.09. The highest BCUT2D eigenvalue weighted by Gasteiger charge is 2.14. The number of likely N-dealkylation sites (N-methyl/N-ethyl adjacent to an activating group) is 1. The van der Waals surface area contributed by atoms with E-state index in [9.17, 15) is 13.2 Å². The van der Waals surface area contributed by atoms with Crippen molar-refractivity contribution in [2.24, 2.45) is 0 Å². The van der Waals surface area contributed by atoms with E-state index >= 15 is 0 Å². The number of carbonyl (C=O) groups is 1. The average Bonchev–Trinajstić information content (AvgIpc) is 2.73. The van der Waals surface area contributed by atoms with Crippen LogP contribution in [0.4, 0.5) is 17.1 Å². The van der Waals surface area contributed by atoms with E-state index in [0.717, 1.165) is 38.1 Å². The predicted octanol–water partition coefficient (Wildman–Crippen LogP) is 1.85. The van der Waals surface area contributed by atoms with Crippen molar-refractivity contribution in [3.63, 3.8) is 0 Å². The van der Waals surface area contributed by atoms with Crippen molar-refractivity contribution in [1.82, 2.24) is 4.90 Å². The zero-order valence-corrected chi connectivity index (χ0v) is 18.4. The van der Waals surface area contributed by atoms with Crippen LogP contribution >= 0.6 is 0 Å². The van der Waals surface area contributed by atoms with Crippen LogP contribution in [0.15, 0.2) is 48.5 Å². The summed E-state index contributed by atoms with van der Waals surface area (Å²) in [6.07, 6.45) is 1.14. The minimum Gasteiger partial charge on any atom is -0.484 e. The van der Waals surface area contributed by atoms with E-state index in [1.165, 1.54) is 11.4 Å². The minimum absolute atomic E-state index is 0.137. The van der Waals surface area contributed by atoms with Crippen LogP contribution in [0.3, 0.4) is 0 Å². The summed E-state index contributed by atoms with van der Waals surface area (Å²) in [4.78, 5) is 16.8. The first kappa shape index (κ1) is 21.9. The Balaban J connectivity index is 1.49. The van der Waals surface area contributed by atoms with E-state index in [0.29, 0.717) is 17.1 Å². The molecule has 2 aromatic rings. The fourth-order valence-corrected chi connectivity index (χ4v) is 3.61. The third kappa shape index (κ3) is 5.87.